The van der Waals surface area contributed by atoms with E-state index in [1.54, 1.807) is 0 Å². The number of nitrogens with zero attached hydrogens (tertiary/aromatic N) is 1. The maximum Gasteiger partial charge on any atom is 0.0314 e. The predicted molar refractivity (Wildman–Crippen MR) is 74.2 cm³/mol. The van der Waals surface area contributed by atoms with Gasteiger partial charge in [0.25, 0.3) is 0 Å². The molecule has 1 aliphatic heterocycles. The first-order valence-electron chi connectivity index (χ1n) is 6.57. The van der Waals surface area contributed by atoms with E-state index in [1.165, 1.54) is 31.5 Å². The van der Waals surface area contributed by atoms with Crippen LogP contribution in [0.15, 0.2) is 24.3 Å². The van der Waals surface area contributed by atoms with Crippen molar-refractivity contribution in [3.63, 3.8) is 0 Å². The topological polar surface area (TPSA) is 29.3 Å². The highest BCUT2D eigenvalue weighted by Crippen LogP contribution is 2.30. The molecule has 2 heteroatoms. The van der Waals surface area contributed by atoms with Gasteiger partial charge in [0, 0.05) is 17.8 Å². The summed E-state index contributed by atoms with van der Waals surface area (Å²) in [5.74, 6) is 0.670. The Labute approximate surface area is 105 Å². The van der Waals surface area contributed by atoms with E-state index in [4.69, 9.17) is 5.73 Å². The molecule has 94 valence electrons. The largest absolute Gasteiger partial charge is 0.399 e. The Hall–Kier alpha value is -1.02. The SMILES string of the molecule is CC(C)(C)N1CCC[C@H](c2ccc(N)cc2)C1. The van der Waals surface area contributed by atoms with Gasteiger partial charge in [0.1, 0.15) is 0 Å². The molecule has 2 N–H and O–H groups in total. The molecule has 1 saturated heterocycles. The fourth-order valence-electron chi connectivity index (χ4n) is 2.63. The standard InChI is InChI=1S/C15H24N2/c1-15(2,3)17-10-4-5-13(11-17)12-6-8-14(16)9-7-12/h6-9,13H,4-5,10-11,16H2,1-3H3/t13-/m0/s1. The second-order valence-electron chi connectivity index (χ2n) is 6.12. The number of benzene rings is 1. The highest BCUT2D eigenvalue weighted by molar-refractivity contribution is 5.40. The first kappa shape index (κ1) is 12.4. The van der Waals surface area contributed by atoms with Crippen molar-refractivity contribution in [1.82, 2.24) is 4.90 Å². The van der Waals surface area contributed by atoms with E-state index < -0.39 is 0 Å². The van der Waals surface area contributed by atoms with Gasteiger partial charge in [0.2, 0.25) is 0 Å². The summed E-state index contributed by atoms with van der Waals surface area (Å²) in [4.78, 5) is 2.59. The summed E-state index contributed by atoms with van der Waals surface area (Å²) in [5.41, 5.74) is 8.32. The Morgan fingerprint density at radius 1 is 1.18 bits per heavy atom. The molecule has 1 atom stereocenters. The Kier molecular flexibility index (Phi) is 3.43. The van der Waals surface area contributed by atoms with Crippen LogP contribution >= 0.6 is 0 Å². The predicted octanol–water partition coefficient (Wildman–Crippen LogP) is 3.25. The molecule has 0 saturated carbocycles. The molecule has 0 radical (unpaired) electrons. The van der Waals surface area contributed by atoms with Crippen LogP contribution < -0.4 is 5.73 Å². The third-order valence-electron chi connectivity index (χ3n) is 3.78. The molecule has 0 aromatic heterocycles. The molecule has 1 fully saturated rings. The lowest BCUT2D eigenvalue weighted by atomic mass is 9.88. The Morgan fingerprint density at radius 2 is 1.82 bits per heavy atom. The molecule has 0 unspecified atom stereocenters. The third kappa shape index (κ3) is 3.01. The van der Waals surface area contributed by atoms with Crippen molar-refractivity contribution < 1.29 is 0 Å². The zero-order valence-electron chi connectivity index (χ0n) is 11.2. The van der Waals surface area contributed by atoms with Crippen LogP contribution in [-0.4, -0.2) is 23.5 Å². The average Bonchev–Trinajstić information content (AvgIpc) is 2.29. The number of rotatable bonds is 1. The third-order valence-corrected chi connectivity index (χ3v) is 3.78. The summed E-state index contributed by atoms with van der Waals surface area (Å²) in [6, 6.07) is 8.41. The molecule has 1 aliphatic rings. The Morgan fingerprint density at radius 3 is 2.41 bits per heavy atom. The molecule has 0 aliphatic carbocycles. The number of nitrogen functional groups attached to an aromatic ring is 1. The molecule has 2 nitrogen and oxygen atoms in total. The smallest absolute Gasteiger partial charge is 0.0314 e. The van der Waals surface area contributed by atoms with Gasteiger partial charge in [0.05, 0.1) is 0 Å². The first-order valence-corrected chi connectivity index (χ1v) is 6.57. The van der Waals surface area contributed by atoms with Crippen LogP contribution in [0.2, 0.25) is 0 Å². The van der Waals surface area contributed by atoms with Crippen LogP contribution in [0.1, 0.15) is 45.1 Å². The molecule has 17 heavy (non-hydrogen) atoms. The van der Waals surface area contributed by atoms with Gasteiger partial charge >= 0.3 is 0 Å². The zero-order chi connectivity index (χ0) is 12.5. The fourth-order valence-corrected chi connectivity index (χ4v) is 2.63. The molecule has 2 rings (SSSR count). The van der Waals surface area contributed by atoms with Crippen LogP contribution in [0.4, 0.5) is 5.69 Å². The molecule has 1 heterocycles. The van der Waals surface area contributed by atoms with Crippen molar-refractivity contribution in [2.24, 2.45) is 0 Å². The van der Waals surface area contributed by atoms with Crippen LogP contribution in [0.5, 0.6) is 0 Å². The maximum absolute atomic E-state index is 5.74. The van der Waals surface area contributed by atoms with Gasteiger partial charge < -0.3 is 5.73 Å². The molecule has 1 aromatic carbocycles. The molecule has 0 spiro atoms. The van der Waals surface area contributed by atoms with E-state index in [0.717, 1.165) is 5.69 Å². The highest BCUT2D eigenvalue weighted by atomic mass is 15.2. The van der Waals surface area contributed by atoms with Crippen molar-refractivity contribution in [3.05, 3.63) is 29.8 Å². The van der Waals surface area contributed by atoms with E-state index in [0.29, 0.717) is 5.92 Å². The second kappa shape index (κ2) is 4.69. The molecule has 1 aromatic rings. The molecular weight excluding hydrogens is 208 g/mol. The van der Waals surface area contributed by atoms with Gasteiger partial charge in [-0.2, -0.15) is 0 Å². The summed E-state index contributed by atoms with van der Waals surface area (Å²) in [5, 5.41) is 0. The minimum absolute atomic E-state index is 0.284. The van der Waals surface area contributed by atoms with Crippen LogP contribution in [0.25, 0.3) is 0 Å². The lowest BCUT2D eigenvalue weighted by Gasteiger charge is -2.41. The Bertz CT molecular complexity index is 362. The minimum atomic E-state index is 0.284. The van der Waals surface area contributed by atoms with Crippen LogP contribution in [0.3, 0.4) is 0 Å². The van der Waals surface area contributed by atoms with Crippen molar-refractivity contribution >= 4 is 5.69 Å². The van der Waals surface area contributed by atoms with Crippen molar-refractivity contribution in [2.45, 2.75) is 45.1 Å². The summed E-state index contributed by atoms with van der Waals surface area (Å²) < 4.78 is 0. The van der Waals surface area contributed by atoms with Crippen LogP contribution in [-0.2, 0) is 0 Å². The van der Waals surface area contributed by atoms with E-state index in [2.05, 4.69) is 37.8 Å². The van der Waals surface area contributed by atoms with Crippen molar-refractivity contribution in [1.29, 1.82) is 0 Å². The van der Waals surface area contributed by atoms with E-state index in [-0.39, 0.29) is 5.54 Å². The summed E-state index contributed by atoms with van der Waals surface area (Å²) in [7, 11) is 0. The van der Waals surface area contributed by atoms with E-state index in [1.807, 2.05) is 12.1 Å². The van der Waals surface area contributed by atoms with Crippen LogP contribution in [0, 0.1) is 0 Å². The summed E-state index contributed by atoms with van der Waals surface area (Å²) in [6.45, 7) is 9.32. The lowest BCUT2D eigenvalue weighted by molar-refractivity contribution is 0.0986. The van der Waals surface area contributed by atoms with Gasteiger partial charge in [-0.05, 0) is 63.8 Å². The van der Waals surface area contributed by atoms with Gasteiger partial charge in [-0.25, -0.2) is 0 Å². The number of anilines is 1. The summed E-state index contributed by atoms with van der Waals surface area (Å²) in [6.07, 6.45) is 2.60. The Balaban J connectivity index is 2.09. The van der Waals surface area contributed by atoms with Crippen molar-refractivity contribution in [3.8, 4) is 0 Å². The fraction of sp³-hybridized carbons (Fsp3) is 0.600. The van der Waals surface area contributed by atoms with Crippen molar-refractivity contribution in [2.75, 3.05) is 18.8 Å². The molecule has 0 amide bonds. The quantitative estimate of drug-likeness (QED) is 0.753. The first-order chi connectivity index (χ1) is 7.97. The minimum Gasteiger partial charge on any atom is -0.399 e. The number of hydrogen-bond donors (Lipinski definition) is 1. The number of likely N-dealkylation sites (tertiary alicyclic amines) is 1. The number of piperidine rings is 1. The van der Waals surface area contributed by atoms with E-state index >= 15 is 0 Å². The van der Waals surface area contributed by atoms with Gasteiger partial charge in [-0.3, -0.25) is 4.90 Å². The lowest BCUT2D eigenvalue weighted by Crippen LogP contribution is -2.46. The van der Waals surface area contributed by atoms with E-state index in [9.17, 15) is 0 Å². The van der Waals surface area contributed by atoms with Gasteiger partial charge in [-0.1, -0.05) is 12.1 Å². The normalized spacial score (nSPS) is 22.6. The second-order valence-corrected chi connectivity index (χ2v) is 6.12. The molecular formula is C15H24N2. The van der Waals surface area contributed by atoms with Gasteiger partial charge in [-0.15, -0.1) is 0 Å². The average molecular weight is 232 g/mol. The highest BCUT2D eigenvalue weighted by Gasteiger charge is 2.28. The monoisotopic (exact) mass is 232 g/mol. The maximum atomic E-state index is 5.74. The number of hydrogen-bond acceptors (Lipinski definition) is 2. The molecule has 0 bridgehead atoms. The number of nitrogens with two attached hydrogens (primary N) is 1. The zero-order valence-corrected chi connectivity index (χ0v) is 11.2. The summed E-state index contributed by atoms with van der Waals surface area (Å²) >= 11 is 0. The van der Waals surface area contributed by atoms with Gasteiger partial charge in [0.15, 0.2) is 0 Å².